The van der Waals surface area contributed by atoms with E-state index in [2.05, 4.69) is 0 Å². The van der Waals surface area contributed by atoms with Gasteiger partial charge in [0.15, 0.2) is 0 Å². The van der Waals surface area contributed by atoms with Gasteiger partial charge in [-0.25, -0.2) is 0 Å². The van der Waals surface area contributed by atoms with Crippen LogP contribution in [0, 0.1) is 28.6 Å². The number of allylic oxidation sites excluding steroid dienone is 2. The summed E-state index contributed by atoms with van der Waals surface area (Å²) in [5.41, 5.74) is -0.181. The van der Waals surface area contributed by atoms with Gasteiger partial charge in [0, 0.05) is 6.08 Å². The van der Waals surface area contributed by atoms with E-state index in [1.54, 1.807) is 6.08 Å². The molecule has 0 bridgehead atoms. The molecule has 0 heterocycles. The molecule has 1 N–H and O–H groups in total. The van der Waals surface area contributed by atoms with Gasteiger partial charge in [-0.15, -0.1) is 0 Å². The second-order valence-electron chi connectivity index (χ2n) is 3.65. The van der Waals surface area contributed by atoms with Crippen LogP contribution in [-0.2, 0) is 4.79 Å². The minimum atomic E-state index is -0.771. The van der Waals surface area contributed by atoms with Gasteiger partial charge in [-0.3, -0.25) is 4.79 Å². The van der Waals surface area contributed by atoms with Crippen LogP contribution in [0.2, 0.25) is 0 Å². The molecule has 12 heavy (non-hydrogen) atoms. The summed E-state index contributed by atoms with van der Waals surface area (Å²) in [5.74, 6) is -1.07. The van der Waals surface area contributed by atoms with Crippen LogP contribution in [-0.4, -0.2) is 11.1 Å². The number of nitrogens with zero attached hydrogens (tertiary/aromatic N) is 1. The summed E-state index contributed by atoms with van der Waals surface area (Å²) in [7, 11) is 0. The third-order valence-electron chi connectivity index (χ3n) is 2.55. The van der Waals surface area contributed by atoms with E-state index in [0.717, 1.165) is 0 Å². The highest BCUT2D eigenvalue weighted by molar-refractivity contribution is 5.76. The van der Waals surface area contributed by atoms with Crippen molar-refractivity contribution in [3.05, 3.63) is 12.2 Å². The molecule has 1 saturated carbocycles. The van der Waals surface area contributed by atoms with Gasteiger partial charge in [0.2, 0.25) is 0 Å². The Hall–Kier alpha value is -1.30. The van der Waals surface area contributed by atoms with Crippen LogP contribution in [0.3, 0.4) is 0 Å². The van der Waals surface area contributed by atoms with E-state index in [1.807, 2.05) is 19.9 Å². The van der Waals surface area contributed by atoms with Crippen molar-refractivity contribution in [1.82, 2.24) is 0 Å². The van der Waals surface area contributed by atoms with E-state index in [9.17, 15) is 4.79 Å². The second kappa shape index (κ2) is 2.63. The van der Waals surface area contributed by atoms with E-state index in [0.29, 0.717) is 0 Å². The van der Waals surface area contributed by atoms with Crippen molar-refractivity contribution in [1.29, 1.82) is 5.26 Å². The lowest BCUT2D eigenvalue weighted by Crippen LogP contribution is -2.02. The Labute approximate surface area is 71.3 Å². The molecule has 0 aromatic rings. The van der Waals surface area contributed by atoms with E-state index in [-0.39, 0.29) is 17.3 Å². The number of rotatable bonds is 2. The van der Waals surface area contributed by atoms with Gasteiger partial charge in [0.05, 0.1) is 12.0 Å². The number of hydrogen-bond acceptors (Lipinski definition) is 2. The minimum Gasteiger partial charge on any atom is -0.481 e. The van der Waals surface area contributed by atoms with E-state index >= 15 is 0 Å². The highest BCUT2D eigenvalue weighted by Crippen LogP contribution is 2.58. The number of carboxylic acids is 1. The molecule has 0 aromatic heterocycles. The van der Waals surface area contributed by atoms with Gasteiger partial charge in [-0.05, 0) is 11.3 Å². The highest BCUT2D eigenvalue weighted by atomic mass is 16.4. The Morgan fingerprint density at radius 2 is 2.25 bits per heavy atom. The van der Waals surface area contributed by atoms with Crippen molar-refractivity contribution in [3.63, 3.8) is 0 Å². The third-order valence-corrected chi connectivity index (χ3v) is 2.55. The largest absolute Gasteiger partial charge is 0.481 e. The lowest BCUT2D eigenvalue weighted by Gasteiger charge is -1.95. The standard InChI is InChI=1S/C9H11NO2/c1-9(2)6(4-3-5-10)7(9)8(11)12/h3-4,6-7H,1-2H3,(H,11,12)/t6-,7-/m0/s1. The van der Waals surface area contributed by atoms with E-state index < -0.39 is 5.97 Å². The van der Waals surface area contributed by atoms with Crippen molar-refractivity contribution in [2.45, 2.75) is 13.8 Å². The Morgan fingerprint density at radius 3 is 2.58 bits per heavy atom. The smallest absolute Gasteiger partial charge is 0.307 e. The number of aliphatic carboxylic acids is 1. The van der Waals surface area contributed by atoms with E-state index in [4.69, 9.17) is 10.4 Å². The van der Waals surface area contributed by atoms with E-state index in [1.165, 1.54) is 6.08 Å². The second-order valence-corrected chi connectivity index (χ2v) is 3.65. The molecule has 0 saturated heterocycles. The lowest BCUT2D eigenvalue weighted by molar-refractivity contribution is -0.139. The first-order valence-electron chi connectivity index (χ1n) is 3.81. The highest BCUT2D eigenvalue weighted by Gasteiger charge is 2.60. The molecule has 0 unspecified atom stereocenters. The fourth-order valence-corrected chi connectivity index (χ4v) is 1.66. The predicted molar refractivity (Wildman–Crippen MR) is 43.1 cm³/mol. The number of carboxylic acid groups (broad SMARTS) is 1. The maximum Gasteiger partial charge on any atom is 0.307 e. The van der Waals surface area contributed by atoms with Crippen molar-refractivity contribution >= 4 is 5.97 Å². The zero-order valence-electron chi connectivity index (χ0n) is 7.11. The van der Waals surface area contributed by atoms with Crippen LogP contribution in [0.1, 0.15) is 13.8 Å². The predicted octanol–water partition coefficient (Wildman–Crippen LogP) is 1.42. The number of nitriles is 1. The lowest BCUT2D eigenvalue weighted by atomic mass is 10.1. The number of carbonyl (C=O) groups is 1. The van der Waals surface area contributed by atoms with Gasteiger partial charge < -0.3 is 5.11 Å². The molecule has 3 heteroatoms. The first-order chi connectivity index (χ1) is 5.51. The Balaban J connectivity index is 2.68. The van der Waals surface area contributed by atoms with Crippen LogP contribution in [0.5, 0.6) is 0 Å². The summed E-state index contributed by atoms with van der Waals surface area (Å²) in [4.78, 5) is 10.6. The SMILES string of the molecule is CC1(C)[C@H](C(=O)O)[C@@H]1C=CC#N. The van der Waals surface area contributed by atoms with Crippen molar-refractivity contribution < 1.29 is 9.90 Å². The molecule has 1 rings (SSSR count). The summed E-state index contributed by atoms with van der Waals surface area (Å²) < 4.78 is 0. The average molecular weight is 165 g/mol. The molecule has 64 valence electrons. The number of hydrogen-bond donors (Lipinski definition) is 1. The molecule has 3 nitrogen and oxygen atoms in total. The van der Waals surface area contributed by atoms with Gasteiger partial charge in [-0.2, -0.15) is 5.26 Å². The molecule has 0 radical (unpaired) electrons. The molecule has 0 aromatic carbocycles. The zero-order valence-corrected chi connectivity index (χ0v) is 7.11. The summed E-state index contributed by atoms with van der Waals surface area (Å²) >= 11 is 0. The van der Waals surface area contributed by atoms with Crippen LogP contribution in [0.4, 0.5) is 0 Å². The first-order valence-corrected chi connectivity index (χ1v) is 3.81. The van der Waals surface area contributed by atoms with Gasteiger partial charge in [0.1, 0.15) is 0 Å². The van der Waals surface area contributed by atoms with Crippen LogP contribution < -0.4 is 0 Å². The Bertz CT molecular complexity index is 273. The Morgan fingerprint density at radius 1 is 1.67 bits per heavy atom. The molecule has 2 atom stereocenters. The maximum absolute atomic E-state index is 10.6. The third kappa shape index (κ3) is 1.20. The fraction of sp³-hybridized carbons (Fsp3) is 0.556. The molecule has 1 aliphatic carbocycles. The molecular weight excluding hydrogens is 154 g/mol. The topological polar surface area (TPSA) is 61.1 Å². The van der Waals surface area contributed by atoms with Gasteiger partial charge in [0.25, 0.3) is 0 Å². The van der Waals surface area contributed by atoms with Gasteiger partial charge in [-0.1, -0.05) is 19.9 Å². The normalized spacial score (nSPS) is 31.4. The zero-order chi connectivity index (χ0) is 9.35. The van der Waals surface area contributed by atoms with Crippen molar-refractivity contribution in [2.75, 3.05) is 0 Å². The Kier molecular flexibility index (Phi) is 1.93. The first kappa shape index (κ1) is 8.79. The molecule has 0 amide bonds. The van der Waals surface area contributed by atoms with Crippen LogP contribution in [0.25, 0.3) is 0 Å². The minimum absolute atomic E-state index is 0.0228. The summed E-state index contributed by atoms with van der Waals surface area (Å²) in [6.45, 7) is 3.80. The molecular formula is C9H11NO2. The van der Waals surface area contributed by atoms with Crippen LogP contribution >= 0.6 is 0 Å². The molecule has 1 fully saturated rings. The van der Waals surface area contributed by atoms with Crippen LogP contribution in [0.15, 0.2) is 12.2 Å². The average Bonchev–Trinajstić information content (AvgIpc) is 2.49. The summed E-state index contributed by atoms with van der Waals surface area (Å²) in [6.07, 6.45) is 3.04. The summed E-state index contributed by atoms with van der Waals surface area (Å²) in [5, 5.41) is 17.0. The fourth-order valence-electron chi connectivity index (χ4n) is 1.66. The quantitative estimate of drug-likeness (QED) is 0.629. The summed E-state index contributed by atoms with van der Waals surface area (Å²) in [6, 6.07) is 1.86. The van der Waals surface area contributed by atoms with Crippen molar-refractivity contribution in [3.8, 4) is 6.07 Å². The molecule has 0 aliphatic heterocycles. The monoisotopic (exact) mass is 165 g/mol. The molecule has 0 spiro atoms. The maximum atomic E-state index is 10.6. The van der Waals surface area contributed by atoms with Gasteiger partial charge >= 0.3 is 5.97 Å². The molecule has 1 aliphatic rings. The van der Waals surface area contributed by atoms with Crippen molar-refractivity contribution in [2.24, 2.45) is 17.3 Å².